The molecule has 0 aliphatic rings. The second kappa shape index (κ2) is 7.74. The molecule has 0 amide bonds. The molecule has 146 valence electrons. The molecule has 0 aliphatic heterocycles. The van der Waals surface area contributed by atoms with E-state index in [4.69, 9.17) is 0 Å². The maximum atomic E-state index is 13.7. The minimum absolute atomic E-state index is 0.182. The van der Waals surface area contributed by atoms with E-state index in [-0.39, 0.29) is 5.56 Å². The molecule has 0 unspecified atom stereocenters. The number of aromatic nitrogens is 2. The summed E-state index contributed by atoms with van der Waals surface area (Å²) in [4.78, 5) is 18.2. The lowest BCUT2D eigenvalue weighted by Gasteiger charge is -2.14. The molecule has 0 spiro atoms. The summed E-state index contributed by atoms with van der Waals surface area (Å²) in [6.45, 7) is 0. The molecule has 2 aromatic heterocycles. The summed E-state index contributed by atoms with van der Waals surface area (Å²) < 4.78 is 1.66. The van der Waals surface area contributed by atoms with Crippen molar-refractivity contribution in [3.05, 3.63) is 119 Å². The third kappa shape index (κ3) is 3.29. The van der Waals surface area contributed by atoms with Gasteiger partial charge in [0.15, 0.2) is 0 Å². The second-order valence-electron chi connectivity index (χ2n) is 7.19. The fourth-order valence-corrected chi connectivity index (χ4v) is 3.86. The predicted octanol–water partition coefficient (Wildman–Crippen LogP) is 5.59. The average molecular weight is 399 g/mol. The molecule has 3 aromatic carbocycles. The Bertz CT molecular complexity index is 1510. The molecule has 2 heterocycles. The normalized spacial score (nSPS) is 10.7. The Balaban J connectivity index is 1.87. The predicted molar refractivity (Wildman–Crippen MR) is 123 cm³/mol. The van der Waals surface area contributed by atoms with Crippen molar-refractivity contribution >= 4 is 10.8 Å². The summed E-state index contributed by atoms with van der Waals surface area (Å²) in [7, 11) is 0. The Morgan fingerprint density at radius 1 is 0.806 bits per heavy atom. The zero-order valence-corrected chi connectivity index (χ0v) is 16.6. The van der Waals surface area contributed by atoms with Gasteiger partial charge in [-0.3, -0.25) is 14.3 Å². The number of hydrogen-bond donors (Lipinski definition) is 0. The van der Waals surface area contributed by atoms with Crippen LogP contribution in [0.4, 0.5) is 0 Å². The average Bonchev–Trinajstić information content (AvgIpc) is 2.84. The fourth-order valence-electron chi connectivity index (χ4n) is 3.86. The summed E-state index contributed by atoms with van der Waals surface area (Å²) in [6.07, 6.45) is 3.55. The van der Waals surface area contributed by atoms with Gasteiger partial charge in [-0.2, -0.15) is 5.26 Å². The molecular weight excluding hydrogens is 382 g/mol. The van der Waals surface area contributed by atoms with Gasteiger partial charge in [-0.05, 0) is 35.7 Å². The zero-order chi connectivity index (χ0) is 21.2. The van der Waals surface area contributed by atoms with Crippen molar-refractivity contribution < 1.29 is 0 Å². The van der Waals surface area contributed by atoms with Gasteiger partial charge < -0.3 is 0 Å². The standard InChI is InChI=1S/C27H17N3O/c28-17-20-9-2-3-11-22(20)24-16-21(25-13-5-6-15-29-25)18-30(27(24)31)26-14-7-10-19-8-1-4-12-23(19)26/h1-16,18H. The highest BCUT2D eigenvalue weighted by Crippen LogP contribution is 2.28. The van der Waals surface area contributed by atoms with Crippen molar-refractivity contribution in [2.45, 2.75) is 0 Å². The molecule has 4 nitrogen and oxygen atoms in total. The smallest absolute Gasteiger partial charge is 0.263 e. The summed E-state index contributed by atoms with van der Waals surface area (Å²) in [6, 6.07) is 30.8. The highest BCUT2D eigenvalue weighted by Gasteiger charge is 2.16. The first-order valence-corrected chi connectivity index (χ1v) is 9.92. The van der Waals surface area contributed by atoms with Gasteiger partial charge in [0.2, 0.25) is 0 Å². The third-order valence-corrected chi connectivity index (χ3v) is 5.34. The summed E-state index contributed by atoms with van der Waals surface area (Å²) in [5.74, 6) is 0. The van der Waals surface area contributed by atoms with E-state index < -0.39 is 0 Å². The summed E-state index contributed by atoms with van der Waals surface area (Å²) in [5, 5.41) is 11.6. The van der Waals surface area contributed by atoms with Crippen molar-refractivity contribution in [1.82, 2.24) is 9.55 Å². The van der Waals surface area contributed by atoms with Gasteiger partial charge in [0.1, 0.15) is 0 Å². The minimum atomic E-state index is -0.182. The zero-order valence-electron chi connectivity index (χ0n) is 16.6. The molecule has 4 heteroatoms. The van der Waals surface area contributed by atoms with E-state index in [9.17, 15) is 10.1 Å². The van der Waals surface area contributed by atoms with E-state index in [0.29, 0.717) is 16.7 Å². The lowest BCUT2D eigenvalue weighted by molar-refractivity contribution is 1.00. The van der Waals surface area contributed by atoms with Crippen LogP contribution in [0.25, 0.3) is 38.8 Å². The maximum Gasteiger partial charge on any atom is 0.263 e. The molecule has 0 radical (unpaired) electrons. The first kappa shape index (κ1) is 18.5. The van der Waals surface area contributed by atoms with Gasteiger partial charge in [0, 0.05) is 34.5 Å². The van der Waals surface area contributed by atoms with Crippen LogP contribution in [-0.2, 0) is 0 Å². The van der Waals surface area contributed by atoms with Crippen LogP contribution in [0.5, 0.6) is 0 Å². The molecule has 0 fully saturated rings. The van der Waals surface area contributed by atoms with Crippen molar-refractivity contribution in [3.63, 3.8) is 0 Å². The Morgan fingerprint density at radius 2 is 1.58 bits per heavy atom. The van der Waals surface area contributed by atoms with E-state index in [2.05, 4.69) is 11.1 Å². The molecule has 0 atom stereocenters. The first-order chi connectivity index (χ1) is 15.3. The van der Waals surface area contributed by atoms with Crippen molar-refractivity contribution in [2.24, 2.45) is 0 Å². The van der Waals surface area contributed by atoms with Gasteiger partial charge in [-0.1, -0.05) is 60.7 Å². The molecule has 0 saturated heterocycles. The van der Waals surface area contributed by atoms with Crippen molar-refractivity contribution in [1.29, 1.82) is 5.26 Å². The largest absolute Gasteiger partial charge is 0.282 e. The molecule has 31 heavy (non-hydrogen) atoms. The molecule has 5 aromatic rings. The number of nitriles is 1. The summed E-state index contributed by atoms with van der Waals surface area (Å²) >= 11 is 0. The molecule has 0 N–H and O–H groups in total. The third-order valence-electron chi connectivity index (χ3n) is 5.34. The van der Waals surface area contributed by atoms with Crippen LogP contribution in [0.2, 0.25) is 0 Å². The van der Waals surface area contributed by atoms with Crippen LogP contribution in [0.3, 0.4) is 0 Å². The SMILES string of the molecule is N#Cc1ccccc1-c1cc(-c2ccccn2)cn(-c2cccc3ccccc23)c1=O. The van der Waals surface area contributed by atoms with Gasteiger partial charge in [0.05, 0.1) is 23.0 Å². The molecular formula is C27H17N3O. The molecule has 0 bridgehead atoms. The Kier molecular flexibility index (Phi) is 4.62. The number of pyridine rings is 2. The van der Waals surface area contributed by atoms with Crippen molar-refractivity contribution in [2.75, 3.05) is 0 Å². The summed E-state index contributed by atoms with van der Waals surface area (Å²) in [5.41, 5.74) is 3.70. The van der Waals surface area contributed by atoms with Gasteiger partial charge in [0.25, 0.3) is 5.56 Å². The Hall–Kier alpha value is -4.49. The van der Waals surface area contributed by atoms with E-state index >= 15 is 0 Å². The van der Waals surface area contributed by atoms with Crippen molar-refractivity contribution in [3.8, 4) is 34.1 Å². The molecule has 0 saturated carbocycles. The lowest BCUT2D eigenvalue weighted by Crippen LogP contribution is -2.20. The van der Waals surface area contributed by atoms with Crippen LogP contribution >= 0.6 is 0 Å². The maximum absolute atomic E-state index is 13.7. The van der Waals surface area contributed by atoms with Crippen LogP contribution in [-0.4, -0.2) is 9.55 Å². The topological polar surface area (TPSA) is 58.7 Å². The quantitative estimate of drug-likeness (QED) is 0.397. The second-order valence-corrected chi connectivity index (χ2v) is 7.19. The Morgan fingerprint density at radius 3 is 2.42 bits per heavy atom. The van der Waals surface area contributed by atoms with E-state index in [1.54, 1.807) is 22.9 Å². The molecule has 0 aliphatic carbocycles. The van der Waals surface area contributed by atoms with Crippen LogP contribution in [0.1, 0.15) is 5.56 Å². The van der Waals surface area contributed by atoms with Gasteiger partial charge in [-0.15, -0.1) is 0 Å². The minimum Gasteiger partial charge on any atom is -0.282 e. The Labute approximate surface area is 179 Å². The highest BCUT2D eigenvalue weighted by atomic mass is 16.1. The van der Waals surface area contributed by atoms with E-state index in [1.807, 2.05) is 85.1 Å². The lowest BCUT2D eigenvalue weighted by atomic mass is 9.99. The van der Waals surface area contributed by atoms with Crippen LogP contribution in [0, 0.1) is 11.3 Å². The van der Waals surface area contributed by atoms with Gasteiger partial charge >= 0.3 is 0 Å². The monoisotopic (exact) mass is 399 g/mol. The highest BCUT2D eigenvalue weighted by molar-refractivity contribution is 5.90. The van der Waals surface area contributed by atoms with Crippen LogP contribution in [0.15, 0.2) is 108 Å². The number of fused-ring (bicyclic) bond motifs is 1. The molecule has 5 rings (SSSR count). The first-order valence-electron chi connectivity index (χ1n) is 9.92. The van der Waals surface area contributed by atoms with E-state index in [0.717, 1.165) is 27.7 Å². The number of hydrogen-bond acceptors (Lipinski definition) is 3. The number of rotatable bonds is 3. The fraction of sp³-hybridized carbons (Fsp3) is 0. The number of benzene rings is 3. The van der Waals surface area contributed by atoms with Crippen LogP contribution < -0.4 is 5.56 Å². The van der Waals surface area contributed by atoms with E-state index in [1.165, 1.54) is 0 Å². The number of nitrogens with zero attached hydrogens (tertiary/aromatic N) is 3. The van der Waals surface area contributed by atoms with Gasteiger partial charge in [-0.25, -0.2) is 0 Å².